The Bertz CT molecular complexity index is 2530. The molecule has 4 aliphatic carbocycles. The number of carbonyl (C=O) groups excluding carboxylic acids is 4. The van der Waals surface area contributed by atoms with Crippen LogP contribution in [-0.2, 0) is 25.5 Å². The highest BCUT2D eigenvalue weighted by molar-refractivity contribution is 8.13. The van der Waals surface area contributed by atoms with Crippen LogP contribution in [0.3, 0.4) is 0 Å². The van der Waals surface area contributed by atoms with E-state index in [1.54, 1.807) is 26.0 Å². The molecule has 3 fully saturated rings. The second-order valence-corrected chi connectivity index (χ2v) is 19.5. The zero-order valence-corrected chi connectivity index (χ0v) is 39.3. The fourth-order valence-electron chi connectivity index (χ4n) is 11.3. The fraction of sp³-hybridized carbons (Fsp3) is 0.423. The number of alkyl halides is 3. The highest BCUT2D eigenvalue weighted by Gasteiger charge is 2.78. The van der Waals surface area contributed by atoms with Gasteiger partial charge in [-0.15, -0.1) is 0 Å². The minimum absolute atomic E-state index is 0.00739. The third-order valence-electron chi connectivity index (χ3n) is 14.8. The van der Waals surface area contributed by atoms with Crippen molar-refractivity contribution in [3.8, 4) is 5.75 Å². The Labute approximate surface area is 402 Å². The maximum absolute atomic E-state index is 17.4. The molecule has 3 aromatic carbocycles. The van der Waals surface area contributed by atoms with E-state index in [4.69, 9.17) is 9.15 Å². The van der Waals surface area contributed by atoms with Crippen LogP contribution in [0.2, 0.25) is 0 Å². The van der Waals surface area contributed by atoms with E-state index in [2.05, 4.69) is 16.0 Å². The summed E-state index contributed by atoms with van der Waals surface area (Å²) in [6.07, 6.45) is 1.11. The number of halogens is 3. The van der Waals surface area contributed by atoms with Crippen LogP contribution in [0.25, 0.3) is 0 Å². The van der Waals surface area contributed by atoms with Crippen LogP contribution in [0.5, 0.6) is 5.75 Å². The van der Waals surface area contributed by atoms with Crippen molar-refractivity contribution in [2.75, 3.05) is 36.3 Å². The van der Waals surface area contributed by atoms with Crippen molar-refractivity contribution in [3.05, 3.63) is 137 Å². The van der Waals surface area contributed by atoms with Crippen molar-refractivity contribution in [3.63, 3.8) is 0 Å². The summed E-state index contributed by atoms with van der Waals surface area (Å²) in [6, 6.07) is 24.0. The lowest BCUT2D eigenvalue weighted by atomic mass is 9.44. The van der Waals surface area contributed by atoms with Crippen molar-refractivity contribution in [2.45, 2.75) is 82.2 Å². The molecule has 0 bridgehead atoms. The van der Waals surface area contributed by atoms with Gasteiger partial charge in [0, 0.05) is 41.4 Å². The van der Waals surface area contributed by atoms with Crippen LogP contribution in [0.15, 0.2) is 119 Å². The Kier molecular flexibility index (Phi) is 15.6. The molecule has 8 rings (SSSR count). The molecule has 13 nitrogen and oxygen atoms in total. The number of fused-ring (bicyclic) bond motifs is 5. The van der Waals surface area contributed by atoms with Crippen LogP contribution in [-0.4, -0.2) is 92.9 Å². The summed E-state index contributed by atoms with van der Waals surface area (Å²) in [6.45, 7) is 6.26. The highest BCUT2D eigenvalue weighted by Crippen LogP contribution is 2.72. The molecule has 0 saturated heterocycles. The Morgan fingerprint density at radius 3 is 2.38 bits per heavy atom. The molecule has 4 aromatic rings. The first-order valence-corrected chi connectivity index (χ1v) is 23.9. The third-order valence-corrected chi connectivity index (χ3v) is 15.5. The SMILES string of the molecule is C[C@@H]1C[C@H]2[C@@H]3C[C@H](F)C4=CC(=O)C=C[C@]4(C)[C@@]3(F)[C@@H](O)C[C@]2(C)[C@@]1(OC(=O)c1ccco1)C(=O)SCF.O=CNc1cc([C@@H](O)CNCCc2ccc(NC[C@H](O)c3ccccc3)cc2)ccc1O. The van der Waals surface area contributed by atoms with Gasteiger partial charge < -0.3 is 45.5 Å². The number of benzene rings is 3. The molecule has 368 valence electrons. The molecule has 69 heavy (non-hydrogen) atoms. The van der Waals surface area contributed by atoms with Crippen molar-refractivity contribution >= 4 is 46.4 Å². The summed E-state index contributed by atoms with van der Waals surface area (Å²) >= 11 is 0.352. The number of thioether (sulfide) groups is 1. The van der Waals surface area contributed by atoms with E-state index in [9.17, 15) is 44.0 Å². The molecule has 7 N–H and O–H groups in total. The number of aromatic hydroxyl groups is 1. The zero-order valence-electron chi connectivity index (χ0n) is 38.4. The number of aliphatic hydroxyl groups excluding tert-OH is 3. The van der Waals surface area contributed by atoms with Crippen molar-refractivity contribution in [2.24, 2.45) is 28.6 Å². The van der Waals surface area contributed by atoms with E-state index in [0.717, 1.165) is 29.3 Å². The summed E-state index contributed by atoms with van der Waals surface area (Å²) in [7, 11) is 0. The second kappa shape index (κ2) is 21.1. The van der Waals surface area contributed by atoms with E-state index in [0.29, 0.717) is 43.4 Å². The number of nitrogens with one attached hydrogen (secondary N) is 3. The number of phenolic OH excluding ortho intramolecular Hbond substituents is 1. The number of phenols is 1. The van der Waals surface area contributed by atoms with Crippen molar-refractivity contribution in [1.29, 1.82) is 0 Å². The molecule has 1 aromatic heterocycles. The third kappa shape index (κ3) is 9.76. The highest BCUT2D eigenvalue weighted by atomic mass is 32.2. The number of hydrogen-bond acceptors (Lipinski definition) is 13. The Hall–Kier alpha value is -5.72. The quantitative estimate of drug-likeness (QED) is 0.0247. The number of furan rings is 1. The molecule has 0 radical (unpaired) electrons. The van der Waals surface area contributed by atoms with Gasteiger partial charge in [-0.25, -0.2) is 18.0 Å². The summed E-state index contributed by atoms with van der Waals surface area (Å²) in [5, 5.41) is 49.9. The lowest BCUT2D eigenvalue weighted by molar-refractivity contribution is -0.221. The summed E-state index contributed by atoms with van der Waals surface area (Å²) in [5.74, 6) is -4.02. The van der Waals surface area contributed by atoms with Gasteiger partial charge in [-0.1, -0.05) is 68.5 Å². The van der Waals surface area contributed by atoms with Gasteiger partial charge in [0.2, 0.25) is 17.3 Å². The second-order valence-electron chi connectivity index (χ2n) is 18.7. The molecule has 3 saturated carbocycles. The first-order chi connectivity index (χ1) is 32.9. The number of amides is 1. The Morgan fingerprint density at radius 1 is 0.971 bits per heavy atom. The number of allylic oxidation sites excluding steroid dienone is 4. The topological polar surface area (TPSA) is 208 Å². The average Bonchev–Trinajstić information content (AvgIpc) is 3.96. The molecule has 1 amide bonds. The van der Waals surface area contributed by atoms with Crippen molar-refractivity contribution in [1.82, 2.24) is 5.32 Å². The van der Waals surface area contributed by atoms with Crippen LogP contribution in [0, 0.1) is 28.6 Å². The normalized spacial score (nSPS) is 29.7. The van der Waals surface area contributed by atoms with Gasteiger partial charge in [0.25, 0.3) is 0 Å². The number of rotatable bonds is 16. The lowest BCUT2D eigenvalue weighted by Crippen LogP contribution is -2.70. The predicted octanol–water partition coefficient (Wildman–Crippen LogP) is 7.90. The van der Waals surface area contributed by atoms with Crippen LogP contribution in [0.4, 0.5) is 24.5 Å². The molecule has 4 aliphatic rings. The standard InChI is InChI=1S/C27H29F3O6S.C25H29N3O4/c1-14-9-16-17-11-19(29)18-10-15(31)6-7-24(18,2)26(17,30)21(32)12-25(16,3)27(14,23(34)37-13-28)36-22(33)20-5-4-8-35-20;29-17-28-22-14-20(8-11-23(22)30)24(31)15-26-13-12-18-6-9-21(10-7-18)27-16-25(32)19-4-2-1-3-5-19/h4-8,10,14,16-17,19,21,32H,9,11-13H2,1-3H3;1-11,14,17,24-27,30-32H,12-13,15-16H2,(H,28,29)/t14-,16+,17+,19+,21+,24+,25+,26+,27+;24-,25-/m10/s1. The number of anilines is 2. The summed E-state index contributed by atoms with van der Waals surface area (Å²) in [4.78, 5) is 49.3. The number of esters is 1. The molecular formula is C52H58F3N3O10S. The predicted molar refractivity (Wildman–Crippen MR) is 254 cm³/mol. The van der Waals surface area contributed by atoms with Crippen LogP contribution < -0.4 is 16.0 Å². The number of ketones is 1. The zero-order chi connectivity index (χ0) is 49.7. The molecule has 1 heterocycles. The van der Waals surface area contributed by atoms with Crippen molar-refractivity contribution < 1.29 is 61.9 Å². The van der Waals surface area contributed by atoms with Gasteiger partial charge in [0.1, 0.15) is 17.9 Å². The Morgan fingerprint density at radius 2 is 1.70 bits per heavy atom. The number of hydrogen-bond donors (Lipinski definition) is 7. The van der Waals surface area contributed by atoms with E-state index in [1.807, 2.05) is 54.6 Å². The van der Waals surface area contributed by atoms with Gasteiger partial charge in [-0.3, -0.25) is 14.4 Å². The van der Waals surface area contributed by atoms with Gasteiger partial charge >= 0.3 is 5.97 Å². The maximum atomic E-state index is 17.4. The van der Waals surface area contributed by atoms with Gasteiger partial charge in [0.15, 0.2) is 17.1 Å². The number of carbonyl (C=O) groups is 4. The molecular weight excluding hydrogens is 916 g/mol. The molecule has 0 unspecified atom stereocenters. The van der Waals surface area contributed by atoms with Gasteiger partial charge in [0.05, 0.1) is 30.3 Å². The monoisotopic (exact) mass is 973 g/mol. The van der Waals surface area contributed by atoms with E-state index < -0.39 is 87.2 Å². The van der Waals surface area contributed by atoms with Gasteiger partial charge in [-0.2, -0.15) is 0 Å². The molecule has 17 heteroatoms. The minimum Gasteiger partial charge on any atom is -0.506 e. The van der Waals surface area contributed by atoms with E-state index >= 15 is 8.78 Å². The van der Waals surface area contributed by atoms with E-state index in [1.165, 1.54) is 43.5 Å². The largest absolute Gasteiger partial charge is 0.506 e. The molecule has 0 aliphatic heterocycles. The maximum Gasteiger partial charge on any atom is 0.375 e. The summed E-state index contributed by atoms with van der Waals surface area (Å²) < 4.78 is 57.5. The van der Waals surface area contributed by atoms with Gasteiger partial charge in [-0.05, 0) is 128 Å². The summed E-state index contributed by atoms with van der Waals surface area (Å²) in [5.41, 5.74) is -3.33. The Balaban J connectivity index is 0.000000206. The van der Waals surface area contributed by atoms with Crippen LogP contribution in [0.1, 0.15) is 79.5 Å². The first kappa shape index (κ1) is 51.1. The first-order valence-electron chi connectivity index (χ1n) is 22.9. The number of ether oxygens (including phenoxy) is 1. The smallest absolute Gasteiger partial charge is 0.375 e. The van der Waals surface area contributed by atoms with E-state index in [-0.39, 0.29) is 42.0 Å². The average molecular weight is 974 g/mol. The molecule has 0 spiro atoms. The molecule has 11 atom stereocenters. The van der Waals surface area contributed by atoms with Crippen LogP contribution >= 0.6 is 11.8 Å². The number of aliphatic hydroxyl groups is 3. The lowest BCUT2D eigenvalue weighted by Gasteiger charge is -2.63. The minimum atomic E-state index is -2.35. The fourth-order valence-corrected chi connectivity index (χ4v) is 12.1.